The Labute approximate surface area is 113 Å². The third kappa shape index (κ3) is 2.37. The van der Waals surface area contributed by atoms with Gasteiger partial charge in [0, 0.05) is 37.2 Å². The first-order valence-corrected chi connectivity index (χ1v) is 7.06. The highest BCUT2D eigenvalue weighted by Crippen LogP contribution is 2.21. The Kier molecular flexibility index (Phi) is 3.28. The molecule has 1 amide bonds. The summed E-state index contributed by atoms with van der Waals surface area (Å²) in [5, 5.41) is 1.20. The number of aromatic nitrogens is 1. The van der Waals surface area contributed by atoms with Gasteiger partial charge in [0.1, 0.15) is 0 Å². The molecule has 2 aromatic rings. The van der Waals surface area contributed by atoms with Gasteiger partial charge in [0.05, 0.1) is 6.42 Å². The summed E-state index contributed by atoms with van der Waals surface area (Å²) in [6.45, 7) is 1.87. The summed E-state index contributed by atoms with van der Waals surface area (Å²) in [6, 6.07) is 8.29. The fourth-order valence-electron chi connectivity index (χ4n) is 2.98. The molecule has 1 aromatic carbocycles. The van der Waals surface area contributed by atoms with Crippen molar-refractivity contribution >= 4 is 16.8 Å². The Morgan fingerprint density at radius 2 is 1.89 bits per heavy atom. The van der Waals surface area contributed by atoms with Crippen LogP contribution >= 0.6 is 0 Å². The van der Waals surface area contributed by atoms with Crippen LogP contribution in [0.25, 0.3) is 10.9 Å². The zero-order valence-corrected chi connectivity index (χ0v) is 11.4. The molecule has 3 rings (SSSR count). The van der Waals surface area contributed by atoms with Gasteiger partial charge in [0.25, 0.3) is 0 Å². The van der Waals surface area contributed by atoms with Gasteiger partial charge in [0.2, 0.25) is 5.91 Å². The van der Waals surface area contributed by atoms with Crippen molar-refractivity contribution in [3.8, 4) is 0 Å². The summed E-state index contributed by atoms with van der Waals surface area (Å²) in [4.78, 5) is 14.4. The van der Waals surface area contributed by atoms with Gasteiger partial charge in [-0.05, 0) is 30.9 Å². The second kappa shape index (κ2) is 5.08. The van der Waals surface area contributed by atoms with Crippen LogP contribution in [0.2, 0.25) is 0 Å². The Hall–Kier alpha value is -1.77. The van der Waals surface area contributed by atoms with Crippen molar-refractivity contribution in [2.75, 3.05) is 13.1 Å². The van der Waals surface area contributed by atoms with Crippen LogP contribution in [0.15, 0.2) is 30.5 Å². The molecule has 0 bridgehead atoms. The third-order valence-corrected chi connectivity index (χ3v) is 4.03. The minimum Gasteiger partial charge on any atom is -0.350 e. The summed E-state index contributed by atoms with van der Waals surface area (Å²) >= 11 is 0. The largest absolute Gasteiger partial charge is 0.350 e. The van der Waals surface area contributed by atoms with E-state index < -0.39 is 0 Å². The van der Waals surface area contributed by atoms with Crippen LogP contribution in [-0.2, 0) is 18.3 Å². The summed E-state index contributed by atoms with van der Waals surface area (Å²) in [5.74, 6) is 0.274. The Bertz CT molecular complexity index is 594. The molecule has 2 heterocycles. The Morgan fingerprint density at radius 1 is 1.16 bits per heavy atom. The van der Waals surface area contributed by atoms with Crippen LogP contribution in [0.4, 0.5) is 0 Å². The van der Waals surface area contributed by atoms with E-state index in [0.29, 0.717) is 6.42 Å². The van der Waals surface area contributed by atoms with E-state index in [1.165, 1.54) is 17.3 Å². The van der Waals surface area contributed by atoms with E-state index in [2.05, 4.69) is 22.9 Å². The van der Waals surface area contributed by atoms with Gasteiger partial charge in [-0.3, -0.25) is 4.79 Å². The molecule has 0 aliphatic carbocycles. The molecule has 1 fully saturated rings. The van der Waals surface area contributed by atoms with Crippen molar-refractivity contribution < 1.29 is 4.79 Å². The average molecular weight is 256 g/mol. The first kappa shape index (κ1) is 12.3. The van der Waals surface area contributed by atoms with Gasteiger partial charge in [0.15, 0.2) is 0 Å². The van der Waals surface area contributed by atoms with E-state index in [1.807, 2.05) is 24.1 Å². The highest BCUT2D eigenvalue weighted by Gasteiger charge is 2.18. The van der Waals surface area contributed by atoms with Gasteiger partial charge in [-0.1, -0.05) is 18.2 Å². The molecule has 3 nitrogen and oxygen atoms in total. The van der Waals surface area contributed by atoms with Crippen molar-refractivity contribution in [2.24, 2.45) is 7.05 Å². The smallest absolute Gasteiger partial charge is 0.227 e. The van der Waals surface area contributed by atoms with Gasteiger partial charge < -0.3 is 9.47 Å². The fourth-order valence-corrected chi connectivity index (χ4v) is 2.98. The molecule has 19 heavy (non-hydrogen) atoms. The molecule has 0 spiro atoms. The van der Waals surface area contributed by atoms with Crippen LogP contribution in [0.3, 0.4) is 0 Å². The lowest BCUT2D eigenvalue weighted by Gasteiger charge is -2.26. The number of aryl methyl sites for hydroxylation is 1. The molecule has 0 N–H and O–H groups in total. The molecule has 0 radical (unpaired) electrons. The molecule has 1 aromatic heterocycles. The van der Waals surface area contributed by atoms with Crippen LogP contribution in [0.5, 0.6) is 0 Å². The van der Waals surface area contributed by atoms with Crippen molar-refractivity contribution in [1.29, 1.82) is 0 Å². The first-order chi connectivity index (χ1) is 9.25. The maximum absolute atomic E-state index is 12.3. The number of amides is 1. The Balaban J connectivity index is 1.83. The minimum absolute atomic E-state index is 0.274. The molecular formula is C16H20N2O. The topological polar surface area (TPSA) is 25.2 Å². The quantitative estimate of drug-likeness (QED) is 0.811. The van der Waals surface area contributed by atoms with E-state index in [1.54, 1.807) is 0 Å². The highest BCUT2D eigenvalue weighted by atomic mass is 16.2. The second-order valence-corrected chi connectivity index (χ2v) is 5.40. The Morgan fingerprint density at radius 3 is 2.68 bits per heavy atom. The predicted octanol–water partition coefficient (Wildman–Crippen LogP) is 2.73. The number of carbonyl (C=O) groups excluding carboxylic acids is 1. The number of likely N-dealkylation sites (tertiary alicyclic amines) is 1. The molecule has 0 unspecified atom stereocenters. The monoisotopic (exact) mass is 256 g/mol. The van der Waals surface area contributed by atoms with Gasteiger partial charge in [-0.2, -0.15) is 0 Å². The number of hydrogen-bond acceptors (Lipinski definition) is 1. The molecule has 3 heteroatoms. The number of hydrogen-bond donors (Lipinski definition) is 0. The van der Waals surface area contributed by atoms with Crippen LogP contribution in [0.1, 0.15) is 24.8 Å². The summed E-state index contributed by atoms with van der Waals surface area (Å²) in [5.41, 5.74) is 2.35. The lowest BCUT2D eigenvalue weighted by Crippen LogP contribution is -2.36. The molecule has 1 aliphatic heterocycles. The highest BCUT2D eigenvalue weighted by molar-refractivity contribution is 5.89. The van der Waals surface area contributed by atoms with Gasteiger partial charge in [-0.15, -0.1) is 0 Å². The SMILES string of the molecule is Cn1cc(CC(=O)N2CCCCC2)c2ccccc21. The fraction of sp³-hybridized carbons (Fsp3) is 0.438. The normalized spacial score (nSPS) is 15.9. The summed E-state index contributed by atoms with van der Waals surface area (Å²) in [6.07, 6.45) is 6.19. The minimum atomic E-state index is 0.274. The molecule has 1 saturated heterocycles. The van der Waals surface area contributed by atoms with Gasteiger partial charge in [-0.25, -0.2) is 0 Å². The zero-order valence-electron chi connectivity index (χ0n) is 11.4. The molecule has 0 atom stereocenters. The summed E-state index contributed by atoms with van der Waals surface area (Å²) in [7, 11) is 2.04. The first-order valence-electron chi connectivity index (χ1n) is 7.06. The van der Waals surface area contributed by atoms with Crippen molar-refractivity contribution in [2.45, 2.75) is 25.7 Å². The third-order valence-electron chi connectivity index (χ3n) is 4.03. The van der Waals surface area contributed by atoms with Crippen molar-refractivity contribution in [3.63, 3.8) is 0 Å². The van der Waals surface area contributed by atoms with Gasteiger partial charge >= 0.3 is 0 Å². The van der Waals surface area contributed by atoms with Crippen molar-refractivity contribution in [1.82, 2.24) is 9.47 Å². The maximum atomic E-state index is 12.3. The number of piperidine rings is 1. The van der Waals surface area contributed by atoms with E-state index in [4.69, 9.17) is 0 Å². The van der Waals surface area contributed by atoms with E-state index in [9.17, 15) is 4.79 Å². The number of rotatable bonds is 2. The number of para-hydroxylation sites is 1. The lowest BCUT2D eigenvalue weighted by molar-refractivity contribution is -0.131. The lowest BCUT2D eigenvalue weighted by atomic mass is 10.1. The molecule has 0 saturated carbocycles. The van der Waals surface area contributed by atoms with E-state index >= 15 is 0 Å². The van der Waals surface area contributed by atoms with Crippen LogP contribution in [0, 0.1) is 0 Å². The number of benzene rings is 1. The van der Waals surface area contributed by atoms with E-state index in [0.717, 1.165) is 31.5 Å². The van der Waals surface area contributed by atoms with E-state index in [-0.39, 0.29) is 5.91 Å². The number of nitrogens with zero attached hydrogens (tertiary/aromatic N) is 2. The molecule has 1 aliphatic rings. The second-order valence-electron chi connectivity index (χ2n) is 5.40. The number of fused-ring (bicyclic) bond motifs is 1. The van der Waals surface area contributed by atoms with Crippen LogP contribution in [-0.4, -0.2) is 28.5 Å². The standard InChI is InChI=1S/C16H20N2O/c1-17-12-13(14-7-3-4-8-15(14)17)11-16(19)18-9-5-2-6-10-18/h3-4,7-8,12H,2,5-6,9-11H2,1H3. The summed E-state index contributed by atoms with van der Waals surface area (Å²) < 4.78 is 2.11. The predicted molar refractivity (Wildman–Crippen MR) is 77.1 cm³/mol. The van der Waals surface area contributed by atoms with Crippen molar-refractivity contribution in [3.05, 3.63) is 36.0 Å². The maximum Gasteiger partial charge on any atom is 0.227 e. The van der Waals surface area contributed by atoms with Crippen LogP contribution < -0.4 is 0 Å². The zero-order chi connectivity index (χ0) is 13.2. The molecular weight excluding hydrogens is 236 g/mol. The number of carbonyl (C=O) groups is 1. The molecule has 100 valence electrons. The average Bonchev–Trinajstić information content (AvgIpc) is 2.77.